The number of benzene rings is 1. The largest absolute Gasteiger partial charge is 0.382 e. The maximum Gasteiger partial charge on any atom is 0.252 e. The Balaban J connectivity index is 1.38. The molecule has 1 saturated heterocycles. The molecule has 37 heavy (non-hydrogen) atoms. The minimum absolute atomic E-state index is 0.0309. The number of anilines is 4. The third-order valence-electron chi connectivity index (χ3n) is 7.69. The molecule has 3 aromatic rings. The van der Waals surface area contributed by atoms with Gasteiger partial charge in [-0.1, -0.05) is 11.6 Å². The number of aryl methyl sites for hydroxylation is 1. The van der Waals surface area contributed by atoms with E-state index in [4.69, 9.17) is 11.6 Å². The second-order valence-electron chi connectivity index (χ2n) is 10.6. The number of rotatable bonds is 7. The van der Waals surface area contributed by atoms with Gasteiger partial charge in [-0.05, 0) is 56.7 Å². The van der Waals surface area contributed by atoms with E-state index in [2.05, 4.69) is 33.5 Å². The molecule has 8 nitrogen and oxygen atoms in total. The maximum absolute atomic E-state index is 12.6. The molecule has 0 bridgehead atoms. The summed E-state index contributed by atoms with van der Waals surface area (Å²) in [6.45, 7) is 3.73. The summed E-state index contributed by atoms with van der Waals surface area (Å²) in [7, 11) is 5.42. The number of carbonyl (C=O) groups excluding carboxylic acids is 1. The lowest BCUT2D eigenvalue weighted by Crippen LogP contribution is -2.40. The van der Waals surface area contributed by atoms with Crippen molar-refractivity contribution in [2.75, 3.05) is 42.7 Å². The zero-order valence-corrected chi connectivity index (χ0v) is 22.7. The van der Waals surface area contributed by atoms with Crippen LogP contribution in [-0.4, -0.2) is 53.6 Å². The molecular formula is C28H35ClN6O2. The van der Waals surface area contributed by atoms with Crippen LogP contribution in [-0.2, 0) is 11.8 Å². The Morgan fingerprint density at radius 1 is 1.11 bits per heavy atom. The predicted molar refractivity (Wildman–Crippen MR) is 151 cm³/mol. The van der Waals surface area contributed by atoms with Crippen LogP contribution in [0.5, 0.6) is 0 Å². The van der Waals surface area contributed by atoms with Crippen LogP contribution in [0, 0.1) is 11.8 Å². The molecule has 1 saturated carbocycles. The van der Waals surface area contributed by atoms with E-state index >= 15 is 0 Å². The summed E-state index contributed by atoms with van der Waals surface area (Å²) in [5, 5.41) is 8.55. The molecule has 0 unspecified atom stereocenters. The van der Waals surface area contributed by atoms with Gasteiger partial charge in [0.1, 0.15) is 5.82 Å². The van der Waals surface area contributed by atoms with Crippen molar-refractivity contribution in [2.24, 2.45) is 18.9 Å². The Labute approximate surface area is 222 Å². The van der Waals surface area contributed by atoms with Crippen LogP contribution in [0.4, 0.5) is 22.9 Å². The van der Waals surface area contributed by atoms with Crippen LogP contribution in [0.25, 0.3) is 10.9 Å². The molecule has 1 aromatic carbocycles. The molecule has 5 rings (SSSR count). The lowest BCUT2D eigenvalue weighted by atomic mass is 9.95. The number of hydrogen-bond acceptors (Lipinski definition) is 6. The van der Waals surface area contributed by atoms with Gasteiger partial charge in [0, 0.05) is 75.1 Å². The number of nitrogens with one attached hydrogen (secondary N) is 2. The smallest absolute Gasteiger partial charge is 0.252 e. The molecule has 1 aliphatic carbocycles. The highest BCUT2D eigenvalue weighted by Gasteiger charge is 2.29. The number of pyridine rings is 2. The molecule has 0 spiro atoms. The van der Waals surface area contributed by atoms with Crippen molar-refractivity contribution in [3.8, 4) is 0 Å². The van der Waals surface area contributed by atoms with E-state index in [9.17, 15) is 9.59 Å². The average Bonchev–Trinajstić information content (AvgIpc) is 3.74. The molecule has 3 heterocycles. The van der Waals surface area contributed by atoms with E-state index in [1.807, 2.05) is 32.3 Å². The van der Waals surface area contributed by atoms with Gasteiger partial charge >= 0.3 is 0 Å². The number of fused-ring (bicyclic) bond motifs is 1. The first-order valence-electron chi connectivity index (χ1n) is 13.0. The second-order valence-corrected chi connectivity index (χ2v) is 11.0. The molecule has 2 aromatic heterocycles. The Kier molecular flexibility index (Phi) is 7.03. The zero-order chi connectivity index (χ0) is 26.3. The van der Waals surface area contributed by atoms with Crippen molar-refractivity contribution in [3.63, 3.8) is 0 Å². The van der Waals surface area contributed by atoms with Gasteiger partial charge in [-0.2, -0.15) is 0 Å². The van der Waals surface area contributed by atoms with Crippen molar-refractivity contribution in [1.29, 1.82) is 0 Å². The number of aromatic nitrogens is 2. The summed E-state index contributed by atoms with van der Waals surface area (Å²) >= 11 is 6.54. The first kappa shape index (κ1) is 25.4. The van der Waals surface area contributed by atoms with E-state index in [-0.39, 0.29) is 17.4 Å². The van der Waals surface area contributed by atoms with Gasteiger partial charge in [0.15, 0.2) is 0 Å². The molecule has 2 aliphatic rings. The number of piperidine rings is 1. The normalized spacial score (nSPS) is 17.1. The Hall–Kier alpha value is -3.26. The lowest BCUT2D eigenvalue weighted by Gasteiger charge is -2.33. The number of halogens is 1. The summed E-state index contributed by atoms with van der Waals surface area (Å²) in [4.78, 5) is 33.4. The van der Waals surface area contributed by atoms with E-state index in [1.54, 1.807) is 28.8 Å². The van der Waals surface area contributed by atoms with Crippen LogP contribution in [0.15, 0.2) is 41.3 Å². The molecular weight excluding hydrogens is 488 g/mol. The van der Waals surface area contributed by atoms with Gasteiger partial charge in [-0.25, -0.2) is 4.98 Å². The van der Waals surface area contributed by atoms with Crippen LogP contribution >= 0.6 is 11.6 Å². The molecule has 1 amide bonds. The summed E-state index contributed by atoms with van der Waals surface area (Å²) in [5.41, 5.74) is 3.35. The number of carbonyl (C=O) groups is 1. The third kappa shape index (κ3) is 5.39. The quantitative estimate of drug-likeness (QED) is 0.462. The third-order valence-corrected chi connectivity index (χ3v) is 7.99. The molecule has 1 aliphatic heterocycles. The SMILES string of the molecule is C[C@@H](Nc1cc(=O)n(C)c2ccc(Nc3cc(N4CCC(C(=O)N(C)C)CC4)ncc3Cl)cc12)C1CC1. The van der Waals surface area contributed by atoms with Crippen LogP contribution in [0.1, 0.15) is 32.6 Å². The van der Waals surface area contributed by atoms with E-state index < -0.39 is 0 Å². The number of nitrogens with zero attached hydrogens (tertiary/aromatic N) is 4. The van der Waals surface area contributed by atoms with Crippen molar-refractivity contribution < 1.29 is 4.79 Å². The monoisotopic (exact) mass is 522 g/mol. The van der Waals surface area contributed by atoms with Gasteiger partial charge < -0.3 is 25.0 Å². The fourth-order valence-corrected chi connectivity index (χ4v) is 5.34. The van der Waals surface area contributed by atoms with Crippen molar-refractivity contribution in [3.05, 3.63) is 51.9 Å². The summed E-state index contributed by atoms with van der Waals surface area (Å²) < 4.78 is 1.67. The highest BCUT2D eigenvalue weighted by Crippen LogP contribution is 2.36. The highest BCUT2D eigenvalue weighted by atomic mass is 35.5. The van der Waals surface area contributed by atoms with Crippen molar-refractivity contribution in [1.82, 2.24) is 14.5 Å². The Morgan fingerprint density at radius 3 is 2.51 bits per heavy atom. The molecule has 9 heteroatoms. The van der Waals surface area contributed by atoms with E-state index in [1.165, 1.54) is 12.8 Å². The van der Waals surface area contributed by atoms with Crippen molar-refractivity contribution >= 4 is 51.3 Å². The fraction of sp³-hybridized carbons (Fsp3) is 0.464. The second kappa shape index (κ2) is 10.2. The summed E-state index contributed by atoms with van der Waals surface area (Å²) in [5.74, 6) is 1.77. The molecule has 1 atom stereocenters. The maximum atomic E-state index is 12.6. The Bertz CT molecular complexity index is 1380. The average molecular weight is 523 g/mol. The zero-order valence-electron chi connectivity index (χ0n) is 21.9. The summed E-state index contributed by atoms with van der Waals surface area (Å²) in [6.07, 6.45) is 5.75. The number of amides is 1. The number of hydrogen-bond donors (Lipinski definition) is 2. The van der Waals surface area contributed by atoms with Crippen LogP contribution in [0.3, 0.4) is 0 Å². The van der Waals surface area contributed by atoms with E-state index in [0.717, 1.165) is 59.7 Å². The highest BCUT2D eigenvalue weighted by molar-refractivity contribution is 6.33. The topological polar surface area (TPSA) is 82.5 Å². The molecule has 2 fully saturated rings. The lowest BCUT2D eigenvalue weighted by molar-refractivity contribution is -0.133. The van der Waals surface area contributed by atoms with E-state index in [0.29, 0.717) is 17.0 Å². The minimum Gasteiger partial charge on any atom is -0.382 e. The minimum atomic E-state index is -0.0309. The van der Waals surface area contributed by atoms with Crippen LogP contribution < -0.4 is 21.1 Å². The molecule has 196 valence electrons. The summed E-state index contributed by atoms with van der Waals surface area (Å²) in [6, 6.07) is 9.97. The van der Waals surface area contributed by atoms with Crippen molar-refractivity contribution in [2.45, 2.75) is 38.6 Å². The van der Waals surface area contributed by atoms with Gasteiger partial charge in [0.05, 0.1) is 22.4 Å². The van der Waals surface area contributed by atoms with Gasteiger partial charge in [-0.3, -0.25) is 9.59 Å². The fourth-order valence-electron chi connectivity index (χ4n) is 5.19. The van der Waals surface area contributed by atoms with Gasteiger partial charge in [0.2, 0.25) is 5.91 Å². The molecule has 2 N–H and O–H groups in total. The first-order chi connectivity index (χ1) is 17.7. The predicted octanol–water partition coefficient (Wildman–Crippen LogP) is 4.85. The Morgan fingerprint density at radius 2 is 1.84 bits per heavy atom. The molecule has 0 radical (unpaired) electrons. The first-order valence-corrected chi connectivity index (χ1v) is 13.4. The standard InChI is InChI=1S/C28H35ClN6O2/c1-17(18-5-6-18)31-23-15-27(36)34(4)25-8-7-20(13-21(23)25)32-24-14-26(30-16-22(24)29)35-11-9-19(10-12-35)28(37)33(2)3/h7-8,13-19,31H,5-6,9-12H2,1-4H3,(H,30,32)/t17-/m1/s1. The van der Waals surface area contributed by atoms with Gasteiger partial charge in [0.25, 0.3) is 5.56 Å². The van der Waals surface area contributed by atoms with Gasteiger partial charge in [-0.15, -0.1) is 0 Å². The van der Waals surface area contributed by atoms with Crippen LogP contribution in [0.2, 0.25) is 5.02 Å².